The van der Waals surface area contributed by atoms with E-state index in [1.54, 1.807) is 6.07 Å². The van der Waals surface area contributed by atoms with Crippen molar-refractivity contribution in [1.82, 2.24) is 0 Å². The van der Waals surface area contributed by atoms with Crippen molar-refractivity contribution in [2.24, 2.45) is 0 Å². The van der Waals surface area contributed by atoms with Gasteiger partial charge in [0.15, 0.2) is 0 Å². The Kier molecular flexibility index (Phi) is 1.89. The van der Waals surface area contributed by atoms with Gasteiger partial charge in [-0.25, -0.2) is 0 Å². The molecular formula is C9H8NO4. The maximum Gasteiger partial charge on any atom is 0.311 e. The summed E-state index contributed by atoms with van der Waals surface area (Å²) in [5, 5.41) is 19.8. The molecule has 1 unspecified atom stereocenters. The lowest BCUT2D eigenvalue weighted by atomic mass is 10.1. The highest BCUT2D eigenvalue weighted by molar-refractivity contribution is 5.57. The number of fused-ring (bicyclic) bond motifs is 1. The summed E-state index contributed by atoms with van der Waals surface area (Å²) in [6.45, 7) is 3.71. The number of nitro benzene ring substituents is 1. The number of benzene rings is 1. The maximum absolute atomic E-state index is 10.6. The molecule has 0 saturated heterocycles. The van der Waals surface area contributed by atoms with Crippen molar-refractivity contribution in [3.05, 3.63) is 40.3 Å². The zero-order valence-corrected chi connectivity index (χ0v) is 7.27. The van der Waals surface area contributed by atoms with Crippen LogP contribution in [-0.2, 0) is 6.42 Å². The van der Waals surface area contributed by atoms with E-state index >= 15 is 0 Å². The molecule has 14 heavy (non-hydrogen) atoms. The summed E-state index contributed by atoms with van der Waals surface area (Å²) < 4.78 is 4.95. The minimum Gasteiger partial charge on any atom is -0.457 e. The van der Waals surface area contributed by atoms with Crippen molar-refractivity contribution in [3.8, 4) is 5.75 Å². The first-order valence-corrected chi connectivity index (χ1v) is 4.06. The van der Waals surface area contributed by atoms with Crippen LogP contribution in [0, 0.1) is 17.0 Å². The first kappa shape index (κ1) is 8.96. The van der Waals surface area contributed by atoms with Crippen LogP contribution in [0.2, 0.25) is 0 Å². The van der Waals surface area contributed by atoms with Gasteiger partial charge in [-0.3, -0.25) is 10.1 Å². The summed E-state index contributed by atoms with van der Waals surface area (Å²) in [4.78, 5) is 10.1. The van der Waals surface area contributed by atoms with Crippen LogP contribution in [0.4, 0.5) is 5.69 Å². The minimum atomic E-state index is -0.994. The molecule has 0 aromatic heterocycles. The molecule has 0 aliphatic carbocycles. The fourth-order valence-electron chi connectivity index (χ4n) is 1.51. The summed E-state index contributed by atoms with van der Waals surface area (Å²) in [6, 6.07) is 2.89. The largest absolute Gasteiger partial charge is 0.457 e. The van der Waals surface area contributed by atoms with Gasteiger partial charge in [0.25, 0.3) is 0 Å². The normalized spacial score (nSPS) is 18.9. The van der Waals surface area contributed by atoms with Crippen molar-refractivity contribution >= 4 is 5.69 Å². The van der Waals surface area contributed by atoms with E-state index in [0.29, 0.717) is 11.1 Å². The number of hydrogen-bond acceptors (Lipinski definition) is 4. The molecule has 5 heteroatoms. The Hall–Kier alpha value is -1.62. The van der Waals surface area contributed by atoms with Crippen LogP contribution < -0.4 is 4.74 Å². The number of aliphatic hydroxyl groups excluding tert-OH is 1. The monoisotopic (exact) mass is 194 g/mol. The summed E-state index contributed by atoms with van der Waals surface area (Å²) in [6.07, 6.45) is -0.734. The van der Waals surface area contributed by atoms with E-state index in [-0.39, 0.29) is 17.9 Å². The molecular weight excluding hydrogens is 186 g/mol. The average Bonchev–Trinajstić information content (AvgIpc) is 2.47. The van der Waals surface area contributed by atoms with Crippen molar-refractivity contribution in [2.45, 2.75) is 12.7 Å². The summed E-state index contributed by atoms with van der Waals surface area (Å²) in [5.41, 5.74) is 1.15. The summed E-state index contributed by atoms with van der Waals surface area (Å²) >= 11 is 0. The van der Waals surface area contributed by atoms with Gasteiger partial charge in [0, 0.05) is 18.1 Å². The van der Waals surface area contributed by atoms with Gasteiger partial charge >= 0.3 is 5.69 Å². The molecule has 1 aliphatic rings. The molecule has 1 aromatic rings. The van der Waals surface area contributed by atoms with E-state index in [1.165, 1.54) is 6.07 Å². The SMILES string of the molecule is [CH2]c1ccc([N+](=O)[O-])c2c1CC(O)O2. The second-order valence-electron chi connectivity index (χ2n) is 3.09. The predicted octanol–water partition coefficient (Wildman–Crippen LogP) is 1.03. The van der Waals surface area contributed by atoms with Gasteiger partial charge < -0.3 is 9.84 Å². The zero-order valence-electron chi connectivity index (χ0n) is 7.27. The van der Waals surface area contributed by atoms with Gasteiger partial charge in [0.1, 0.15) is 0 Å². The Balaban J connectivity index is 2.59. The zero-order chi connectivity index (χ0) is 10.3. The Labute approximate surface area is 80.1 Å². The van der Waals surface area contributed by atoms with E-state index in [2.05, 4.69) is 6.92 Å². The topological polar surface area (TPSA) is 72.6 Å². The molecule has 5 nitrogen and oxygen atoms in total. The number of nitro groups is 1. The molecule has 1 heterocycles. The van der Waals surface area contributed by atoms with E-state index in [0.717, 1.165) is 0 Å². The lowest BCUT2D eigenvalue weighted by Gasteiger charge is -2.02. The van der Waals surface area contributed by atoms with E-state index < -0.39 is 11.2 Å². The summed E-state index contributed by atoms with van der Waals surface area (Å²) in [7, 11) is 0. The van der Waals surface area contributed by atoms with Gasteiger partial charge in [0.05, 0.1) is 4.92 Å². The Bertz CT molecular complexity index is 402. The molecule has 0 saturated carbocycles. The molecule has 1 atom stereocenters. The van der Waals surface area contributed by atoms with Crippen LogP contribution >= 0.6 is 0 Å². The van der Waals surface area contributed by atoms with Gasteiger partial charge in [-0.15, -0.1) is 0 Å². The fourth-order valence-corrected chi connectivity index (χ4v) is 1.51. The molecule has 1 aliphatic heterocycles. The number of nitrogens with zero attached hydrogens (tertiary/aromatic N) is 1. The molecule has 73 valence electrons. The van der Waals surface area contributed by atoms with Gasteiger partial charge in [-0.1, -0.05) is 6.07 Å². The van der Waals surface area contributed by atoms with Gasteiger partial charge in [-0.05, 0) is 12.5 Å². The van der Waals surface area contributed by atoms with Crippen molar-refractivity contribution in [2.75, 3.05) is 0 Å². The lowest BCUT2D eigenvalue weighted by molar-refractivity contribution is -0.386. The van der Waals surface area contributed by atoms with E-state index in [9.17, 15) is 15.2 Å². The molecule has 1 N–H and O–H groups in total. The molecule has 1 aromatic carbocycles. The third-order valence-corrected chi connectivity index (χ3v) is 2.17. The maximum atomic E-state index is 10.6. The molecule has 0 spiro atoms. The number of rotatable bonds is 1. The highest BCUT2D eigenvalue weighted by Gasteiger charge is 2.30. The quantitative estimate of drug-likeness (QED) is 0.535. The third-order valence-electron chi connectivity index (χ3n) is 2.17. The van der Waals surface area contributed by atoms with Crippen LogP contribution in [0.5, 0.6) is 5.75 Å². The van der Waals surface area contributed by atoms with Crippen molar-refractivity contribution in [3.63, 3.8) is 0 Å². The van der Waals surface area contributed by atoms with Crippen LogP contribution in [0.15, 0.2) is 12.1 Å². The van der Waals surface area contributed by atoms with Crippen LogP contribution in [0.1, 0.15) is 11.1 Å². The lowest BCUT2D eigenvalue weighted by Crippen LogP contribution is -2.10. The molecule has 1 radical (unpaired) electrons. The minimum absolute atomic E-state index is 0.121. The fraction of sp³-hybridized carbons (Fsp3) is 0.222. The molecule has 0 fully saturated rings. The number of ether oxygens (including phenoxy) is 1. The second kappa shape index (κ2) is 2.95. The van der Waals surface area contributed by atoms with E-state index in [4.69, 9.17) is 4.74 Å². The van der Waals surface area contributed by atoms with Crippen LogP contribution in [0.25, 0.3) is 0 Å². The summed E-state index contributed by atoms with van der Waals surface area (Å²) in [5.74, 6) is 0.148. The Morgan fingerprint density at radius 1 is 1.64 bits per heavy atom. The highest BCUT2D eigenvalue weighted by Crippen LogP contribution is 2.38. The second-order valence-corrected chi connectivity index (χ2v) is 3.09. The Morgan fingerprint density at radius 3 is 3.00 bits per heavy atom. The predicted molar refractivity (Wildman–Crippen MR) is 47.9 cm³/mol. The van der Waals surface area contributed by atoms with Crippen LogP contribution in [0.3, 0.4) is 0 Å². The highest BCUT2D eigenvalue weighted by atomic mass is 16.6. The van der Waals surface area contributed by atoms with Crippen molar-refractivity contribution < 1.29 is 14.8 Å². The van der Waals surface area contributed by atoms with Gasteiger partial charge in [-0.2, -0.15) is 0 Å². The van der Waals surface area contributed by atoms with E-state index in [1.807, 2.05) is 0 Å². The van der Waals surface area contributed by atoms with Crippen LogP contribution in [-0.4, -0.2) is 16.3 Å². The van der Waals surface area contributed by atoms with Gasteiger partial charge in [0.2, 0.25) is 12.0 Å². The number of aliphatic hydroxyl groups is 1. The molecule has 0 amide bonds. The first-order chi connectivity index (χ1) is 6.59. The molecule has 2 rings (SSSR count). The number of hydrogen-bond donors (Lipinski definition) is 1. The smallest absolute Gasteiger partial charge is 0.311 e. The standard InChI is InChI=1S/C9H8NO4/c1-5-2-3-7(10(12)13)9-6(5)4-8(11)14-9/h2-3,8,11H,1,4H2. The third kappa shape index (κ3) is 1.22. The first-order valence-electron chi connectivity index (χ1n) is 4.06. The molecule has 0 bridgehead atoms. The Morgan fingerprint density at radius 2 is 2.36 bits per heavy atom. The van der Waals surface area contributed by atoms with Crippen molar-refractivity contribution in [1.29, 1.82) is 0 Å². The average molecular weight is 194 g/mol.